The van der Waals surface area contributed by atoms with Gasteiger partial charge < -0.3 is 5.32 Å². The summed E-state index contributed by atoms with van der Waals surface area (Å²) >= 11 is 0. The van der Waals surface area contributed by atoms with E-state index in [0.29, 0.717) is 0 Å². The van der Waals surface area contributed by atoms with Crippen LogP contribution in [0.1, 0.15) is 19.4 Å². The third-order valence-corrected chi connectivity index (χ3v) is 2.05. The second kappa shape index (κ2) is 3.68. The molecule has 0 aliphatic heterocycles. The Morgan fingerprint density at radius 1 is 1.50 bits per heavy atom. The van der Waals surface area contributed by atoms with Crippen molar-refractivity contribution in [3.8, 4) is 0 Å². The number of hydrogen-bond donors (Lipinski definition) is 1. The average Bonchev–Trinajstić information content (AvgIpc) is 2.06. The lowest BCUT2D eigenvalue weighted by Crippen LogP contribution is -2.38. The maximum absolute atomic E-state index is 4.08. The first-order chi connectivity index (χ1) is 5.64. The molecule has 0 atom stereocenters. The van der Waals surface area contributed by atoms with Gasteiger partial charge in [0.1, 0.15) is 0 Å². The van der Waals surface area contributed by atoms with E-state index in [1.807, 2.05) is 19.3 Å². The number of rotatable bonds is 3. The lowest BCUT2D eigenvalue weighted by molar-refractivity contribution is 0.421. The SMILES string of the molecule is CNC(C)(C)Cc1cccnc1. The number of likely N-dealkylation sites (N-methyl/N-ethyl adjacent to an activating group) is 1. The Morgan fingerprint density at radius 2 is 2.25 bits per heavy atom. The van der Waals surface area contributed by atoms with Crippen LogP contribution < -0.4 is 5.32 Å². The van der Waals surface area contributed by atoms with Crippen LogP contribution in [0.25, 0.3) is 0 Å². The average molecular weight is 164 g/mol. The number of hydrogen-bond acceptors (Lipinski definition) is 2. The molecule has 0 spiro atoms. The van der Waals surface area contributed by atoms with Gasteiger partial charge in [-0.15, -0.1) is 0 Å². The molecule has 0 aromatic carbocycles. The summed E-state index contributed by atoms with van der Waals surface area (Å²) < 4.78 is 0. The molecule has 0 saturated heterocycles. The maximum Gasteiger partial charge on any atom is 0.0300 e. The van der Waals surface area contributed by atoms with Gasteiger partial charge in [0.05, 0.1) is 0 Å². The van der Waals surface area contributed by atoms with Gasteiger partial charge in [-0.05, 0) is 38.9 Å². The minimum absolute atomic E-state index is 0.156. The van der Waals surface area contributed by atoms with E-state index in [4.69, 9.17) is 0 Å². The predicted molar refractivity (Wildman–Crippen MR) is 51.1 cm³/mol. The molecule has 0 aliphatic carbocycles. The van der Waals surface area contributed by atoms with E-state index in [0.717, 1.165) is 6.42 Å². The number of nitrogens with one attached hydrogen (secondary N) is 1. The van der Waals surface area contributed by atoms with Gasteiger partial charge in [-0.25, -0.2) is 0 Å². The van der Waals surface area contributed by atoms with Gasteiger partial charge in [0.25, 0.3) is 0 Å². The smallest absolute Gasteiger partial charge is 0.0300 e. The largest absolute Gasteiger partial charge is 0.314 e. The van der Waals surface area contributed by atoms with Gasteiger partial charge in [-0.1, -0.05) is 6.07 Å². The second-order valence-electron chi connectivity index (χ2n) is 3.67. The summed E-state index contributed by atoms with van der Waals surface area (Å²) in [4.78, 5) is 4.08. The molecule has 0 bridgehead atoms. The highest BCUT2D eigenvalue weighted by Gasteiger charge is 2.14. The fourth-order valence-corrected chi connectivity index (χ4v) is 1.10. The minimum Gasteiger partial charge on any atom is -0.314 e. The summed E-state index contributed by atoms with van der Waals surface area (Å²) in [6.07, 6.45) is 4.73. The fourth-order valence-electron chi connectivity index (χ4n) is 1.10. The van der Waals surface area contributed by atoms with Crippen LogP contribution in [-0.4, -0.2) is 17.6 Å². The van der Waals surface area contributed by atoms with Crippen molar-refractivity contribution in [1.82, 2.24) is 10.3 Å². The van der Waals surface area contributed by atoms with Crippen LogP contribution in [-0.2, 0) is 6.42 Å². The lowest BCUT2D eigenvalue weighted by atomic mass is 9.96. The Balaban J connectivity index is 2.64. The van der Waals surface area contributed by atoms with Crippen molar-refractivity contribution in [2.45, 2.75) is 25.8 Å². The summed E-state index contributed by atoms with van der Waals surface area (Å²) in [5.74, 6) is 0. The third kappa shape index (κ3) is 2.62. The van der Waals surface area contributed by atoms with E-state index in [1.165, 1.54) is 5.56 Å². The highest BCUT2D eigenvalue weighted by molar-refractivity contribution is 5.11. The first-order valence-electron chi connectivity index (χ1n) is 4.22. The number of aromatic nitrogens is 1. The molecular weight excluding hydrogens is 148 g/mol. The van der Waals surface area contributed by atoms with Crippen molar-refractivity contribution in [3.63, 3.8) is 0 Å². The van der Waals surface area contributed by atoms with Gasteiger partial charge in [0, 0.05) is 17.9 Å². The lowest BCUT2D eigenvalue weighted by Gasteiger charge is -2.23. The molecule has 1 rings (SSSR count). The Bertz CT molecular complexity index is 229. The molecule has 66 valence electrons. The topological polar surface area (TPSA) is 24.9 Å². The van der Waals surface area contributed by atoms with E-state index < -0.39 is 0 Å². The second-order valence-corrected chi connectivity index (χ2v) is 3.67. The first kappa shape index (κ1) is 9.20. The van der Waals surface area contributed by atoms with Gasteiger partial charge >= 0.3 is 0 Å². The normalized spacial score (nSPS) is 11.6. The van der Waals surface area contributed by atoms with E-state index in [2.05, 4.69) is 30.2 Å². The van der Waals surface area contributed by atoms with Crippen molar-refractivity contribution in [2.24, 2.45) is 0 Å². The summed E-state index contributed by atoms with van der Waals surface area (Å²) in [7, 11) is 1.98. The van der Waals surface area contributed by atoms with Gasteiger partial charge in [-0.3, -0.25) is 4.98 Å². The Kier molecular flexibility index (Phi) is 2.82. The van der Waals surface area contributed by atoms with E-state index in [1.54, 1.807) is 6.20 Å². The maximum atomic E-state index is 4.08. The molecule has 12 heavy (non-hydrogen) atoms. The van der Waals surface area contributed by atoms with Crippen LogP contribution in [0.15, 0.2) is 24.5 Å². The molecule has 0 aliphatic rings. The molecule has 0 saturated carbocycles. The van der Waals surface area contributed by atoms with E-state index >= 15 is 0 Å². The molecule has 1 aromatic heterocycles. The fraction of sp³-hybridized carbons (Fsp3) is 0.500. The highest BCUT2D eigenvalue weighted by Crippen LogP contribution is 2.10. The van der Waals surface area contributed by atoms with Crippen molar-refractivity contribution < 1.29 is 0 Å². The van der Waals surface area contributed by atoms with E-state index in [-0.39, 0.29) is 5.54 Å². The summed E-state index contributed by atoms with van der Waals surface area (Å²) in [5.41, 5.74) is 1.43. The third-order valence-electron chi connectivity index (χ3n) is 2.05. The van der Waals surface area contributed by atoms with Crippen molar-refractivity contribution in [2.75, 3.05) is 7.05 Å². The molecule has 2 nitrogen and oxygen atoms in total. The number of pyridine rings is 1. The van der Waals surface area contributed by atoms with Crippen molar-refractivity contribution >= 4 is 0 Å². The van der Waals surface area contributed by atoms with Crippen LogP contribution in [0.4, 0.5) is 0 Å². The molecule has 0 fully saturated rings. The predicted octanol–water partition coefficient (Wildman–Crippen LogP) is 1.62. The minimum atomic E-state index is 0.156. The van der Waals surface area contributed by atoms with Crippen LogP contribution in [0, 0.1) is 0 Å². The van der Waals surface area contributed by atoms with Crippen LogP contribution in [0.2, 0.25) is 0 Å². The van der Waals surface area contributed by atoms with Gasteiger partial charge in [-0.2, -0.15) is 0 Å². The number of nitrogens with zero attached hydrogens (tertiary/aromatic N) is 1. The summed E-state index contributed by atoms with van der Waals surface area (Å²) in [6.45, 7) is 4.36. The van der Waals surface area contributed by atoms with Crippen molar-refractivity contribution in [3.05, 3.63) is 30.1 Å². The molecular formula is C10H16N2. The zero-order valence-electron chi connectivity index (χ0n) is 7.96. The molecule has 2 heteroatoms. The summed E-state index contributed by atoms with van der Waals surface area (Å²) in [6, 6.07) is 4.08. The monoisotopic (exact) mass is 164 g/mol. The Morgan fingerprint density at radius 3 is 2.75 bits per heavy atom. The van der Waals surface area contributed by atoms with Crippen LogP contribution >= 0.6 is 0 Å². The molecule has 0 amide bonds. The Labute approximate surface area is 74.0 Å². The van der Waals surface area contributed by atoms with Gasteiger partial charge in [0.2, 0.25) is 0 Å². The molecule has 0 radical (unpaired) electrons. The quantitative estimate of drug-likeness (QED) is 0.734. The standard InChI is InChI=1S/C10H16N2/c1-10(2,11-3)7-9-5-4-6-12-8-9/h4-6,8,11H,7H2,1-3H3. The molecule has 1 N–H and O–H groups in total. The van der Waals surface area contributed by atoms with Crippen LogP contribution in [0.5, 0.6) is 0 Å². The Hall–Kier alpha value is -0.890. The zero-order valence-corrected chi connectivity index (χ0v) is 7.96. The molecule has 1 heterocycles. The molecule has 1 aromatic rings. The van der Waals surface area contributed by atoms with Crippen LogP contribution in [0.3, 0.4) is 0 Å². The summed E-state index contributed by atoms with van der Waals surface area (Å²) in [5, 5.41) is 3.26. The highest BCUT2D eigenvalue weighted by atomic mass is 14.9. The molecule has 0 unspecified atom stereocenters. The first-order valence-corrected chi connectivity index (χ1v) is 4.22. The van der Waals surface area contributed by atoms with Crippen molar-refractivity contribution in [1.29, 1.82) is 0 Å². The zero-order chi connectivity index (χ0) is 9.03. The van der Waals surface area contributed by atoms with Gasteiger partial charge in [0.15, 0.2) is 0 Å². The van der Waals surface area contributed by atoms with E-state index in [9.17, 15) is 0 Å².